The van der Waals surface area contributed by atoms with Gasteiger partial charge in [0.25, 0.3) is 0 Å². The predicted octanol–water partition coefficient (Wildman–Crippen LogP) is -0.304. The third-order valence-electron chi connectivity index (χ3n) is 2.82. The van der Waals surface area contributed by atoms with Crippen LogP contribution in [0.4, 0.5) is 0 Å². The molecular weight excluding hydrogens is 158 g/mol. The number of aliphatic carboxylic acids is 1. The Morgan fingerprint density at radius 3 is 3.08 bits per heavy atom. The van der Waals surface area contributed by atoms with Crippen molar-refractivity contribution in [3.05, 3.63) is 0 Å². The maximum absolute atomic E-state index is 10.8. The fourth-order valence-corrected chi connectivity index (χ4v) is 2.12. The van der Waals surface area contributed by atoms with Crippen LogP contribution in [0.5, 0.6) is 0 Å². The molecule has 4 heteroatoms. The number of fused-ring (bicyclic) bond motifs is 1. The number of hydrogen-bond acceptors (Lipinski definition) is 3. The van der Waals surface area contributed by atoms with Gasteiger partial charge in [-0.05, 0) is 13.0 Å². The molecule has 0 aliphatic carbocycles. The van der Waals surface area contributed by atoms with Crippen LogP contribution in [0.3, 0.4) is 0 Å². The minimum atomic E-state index is -0.669. The van der Waals surface area contributed by atoms with E-state index in [-0.39, 0.29) is 17.9 Å². The summed E-state index contributed by atoms with van der Waals surface area (Å²) in [6.45, 7) is 2.09. The van der Waals surface area contributed by atoms with Crippen molar-refractivity contribution in [2.75, 3.05) is 19.8 Å². The molecule has 0 aromatic carbocycles. The lowest BCUT2D eigenvalue weighted by atomic mass is 9.83. The van der Waals surface area contributed by atoms with Crippen molar-refractivity contribution < 1.29 is 14.6 Å². The molecule has 0 unspecified atom stereocenters. The summed E-state index contributed by atoms with van der Waals surface area (Å²) in [7, 11) is 0. The zero-order chi connectivity index (χ0) is 8.55. The fourth-order valence-electron chi connectivity index (χ4n) is 2.12. The number of nitrogens with one attached hydrogen (secondary N) is 1. The van der Waals surface area contributed by atoms with Crippen molar-refractivity contribution in [2.24, 2.45) is 11.8 Å². The molecule has 2 N–H and O–H groups in total. The molecule has 0 saturated carbocycles. The Bertz CT molecular complexity index is 195. The predicted molar refractivity (Wildman–Crippen MR) is 41.8 cm³/mol. The molecule has 0 amide bonds. The van der Waals surface area contributed by atoms with Gasteiger partial charge in [-0.25, -0.2) is 0 Å². The second kappa shape index (κ2) is 3.03. The Morgan fingerprint density at radius 1 is 1.50 bits per heavy atom. The van der Waals surface area contributed by atoms with Gasteiger partial charge in [-0.3, -0.25) is 4.79 Å². The van der Waals surface area contributed by atoms with E-state index in [1.54, 1.807) is 0 Å². The normalized spacial score (nSPS) is 40.8. The van der Waals surface area contributed by atoms with Gasteiger partial charge in [0.15, 0.2) is 0 Å². The van der Waals surface area contributed by atoms with E-state index in [0.29, 0.717) is 13.2 Å². The third kappa shape index (κ3) is 1.21. The second-order valence-corrected chi connectivity index (χ2v) is 3.50. The SMILES string of the molecule is O=C(O)[C@@H]1CCN[C@H]2COC[C@H]21. The molecule has 0 aromatic rings. The molecule has 2 aliphatic rings. The van der Waals surface area contributed by atoms with E-state index < -0.39 is 5.97 Å². The van der Waals surface area contributed by atoms with Crippen LogP contribution >= 0.6 is 0 Å². The molecule has 12 heavy (non-hydrogen) atoms. The van der Waals surface area contributed by atoms with Crippen molar-refractivity contribution in [1.29, 1.82) is 0 Å². The largest absolute Gasteiger partial charge is 0.481 e. The lowest BCUT2D eigenvalue weighted by molar-refractivity contribution is -0.144. The number of rotatable bonds is 1. The zero-order valence-electron chi connectivity index (χ0n) is 6.82. The number of carboxylic acids is 1. The van der Waals surface area contributed by atoms with E-state index in [0.717, 1.165) is 13.0 Å². The van der Waals surface area contributed by atoms with Crippen LogP contribution in [0.15, 0.2) is 0 Å². The van der Waals surface area contributed by atoms with Crippen LogP contribution in [-0.4, -0.2) is 36.9 Å². The third-order valence-corrected chi connectivity index (χ3v) is 2.82. The average molecular weight is 171 g/mol. The minimum Gasteiger partial charge on any atom is -0.481 e. The van der Waals surface area contributed by atoms with Gasteiger partial charge in [0.05, 0.1) is 19.1 Å². The summed E-state index contributed by atoms with van der Waals surface area (Å²) >= 11 is 0. The molecule has 0 radical (unpaired) electrons. The van der Waals surface area contributed by atoms with Crippen LogP contribution in [0.1, 0.15) is 6.42 Å². The van der Waals surface area contributed by atoms with Gasteiger partial charge in [0.2, 0.25) is 0 Å². The summed E-state index contributed by atoms with van der Waals surface area (Å²) in [5.74, 6) is -0.674. The Kier molecular flexibility index (Phi) is 2.02. The van der Waals surface area contributed by atoms with Gasteiger partial charge < -0.3 is 15.2 Å². The molecule has 0 spiro atoms. The van der Waals surface area contributed by atoms with Crippen LogP contribution in [-0.2, 0) is 9.53 Å². The smallest absolute Gasteiger partial charge is 0.306 e. The molecule has 2 saturated heterocycles. The summed E-state index contributed by atoms with van der Waals surface area (Å²) in [5, 5.41) is 12.2. The maximum atomic E-state index is 10.8. The highest BCUT2D eigenvalue weighted by atomic mass is 16.5. The molecule has 3 atom stereocenters. The number of hydrogen-bond donors (Lipinski definition) is 2. The molecule has 2 aliphatic heterocycles. The topological polar surface area (TPSA) is 58.6 Å². The van der Waals surface area contributed by atoms with Crippen LogP contribution in [0, 0.1) is 11.8 Å². The first-order valence-corrected chi connectivity index (χ1v) is 4.33. The van der Waals surface area contributed by atoms with Gasteiger partial charge in [0, 0.05) is 12.0 Å². The highest BCUT2D eigenvalue weighted by molar-refractivity contribution is 5.70. The van der Waals surface area contributed by atoms with Crippen molar-refractivity contribution in [1.82, 2.24) is 5.32 Å². The molecule has 2 heterocycles. The second-order valence-electron chi connectivity index (χ2n) is 3.50. The Hall–Kier alpha value is -0.610. The van der Waals surface area contributed by atoms with Crippen molar-refractivity contribution >= 4 is 5.97 Å². The molecule has 4 nitrogen and oxygen atoms in total. The molecule has 0 bridgehead atoms. The maximum Gasteiger partial charge on any atom is 0.306 e. The first-order chi connectivity index (χ1) is 5.79. The summed E-state index contributed by atoms with van der Waals surface area (Å²) in [6.07, 6.45) is 0.736. The van der Waals surface area contributed by atoms with Crippen LogP contribution in [0.2, 0.25) is 0 Å². The van der Waals surface area contributed by atoms with E-state index >= 15 is 0 Å². The summed E-state index contributed by atoms with van der Waals surface area (Å²) < 4.78 is 5.25. The van der Waals surface area contributed by atoms with Crippen LogP contribution < -0.4 is 5.32 Å². The van der Waals surface area contributed by atoms with Gasteiger partial charge in [-0.2, -0.15) is 0 Å². The van der Waals surface area contributed by atoms with Gasteiger partial charge in [-0.15, -0.1) is 0 Å². The van der Waals surface area contributed by atoms with Crippen molar-refractivity contribution in [3.8, 4) is 0 Å². The van der Waals surface area contributed by atoms with E-state index in [1.807, 2.05) is 0 Å². The van der Waals surface area contributed by atoms with E-state index in [9.17, 15) is 4.79 Å². The van der Waals surface area contributed by atoms with Crippen molar-refractivity contribution in [3.63, 3.8) is 0 Å². The Balaban J connectivity index is 2.08. The summed E-state index contributed by atoms with van der Waals surface area (Å²) in [6, 6.07) is 0.278. The van der Waals surface area contributed by atoms with Crippen molar-refractivity contribution in [2.45, 2.75) is 12.5 Å². The quantitative estimate of drug-likeness (QED) is 0.568. The highest BCUT2D eigenvalue weighted by Gasteiger charge is 2.40. The van der Waals surface area contributed by atoms with Crippen LogP contribution in [0.25, 0.3) is 0 Å². The standard InChI is InChI=1S/C8H13NO3/c10-8(11)5-1-2-9-7-4-12-3-6(5)7/h5-7,9H,1-4H2,(H,10,11)/t5-,6+,7+/m1/s1. The van der Waals surface area contributed by atoms with E-state index in [4.69, 9.17) is 9.84 Å². The Labute approximate surface area is 70.9 Å². The fraction of sp³-hybridized carbons (Fsp3) is 0.875. The van der Waals surface area contributed by atoms with Gasteiger partial charge in [0.1, 0.15) is 0 Å². The summed E-state index contributed by atoms with van der Waals surface area (Å²) in [4.78, 5) is 10.8. The minimum absolute atomic E-state index is 0.191. The van der Waals surface area contributed by atoms with E-state index in [2.05, 4.69) is 5.32 Å². The highest BCUT2D eigenvalue weighted by Crippen LogP contribution is 2.28. The molecule has 2 fully saturated rings. The monoisotopic (exact) mass is 171 g/mol. The molecule has 0 aromatic heterocycles. The van der Waals surface area contributed by atoms with E-state index in [1.165, 1.54) is 0 Å². The van der Waals surface area contributed by atoms with Gasteiger partial charge >= 0.3 is 5.97 Å². The Morgan fingerprint density at radius 2 is 2.33 bits per heavy atom. The first-order valence-electron chi connectivity index (χ1n) is 4.33. The zero-order valence-corrected chi connectivity index (χ0v) is 6.82. The lowest BCUT2D eigenvalue weighted by Gasteiger charge is -2.30. The molecule has 68 valence electrons. The number of carboxylic acid groups (broad SMARTS) is 1. The summed E-state index contributed by atoms with van der Waals surface area (Å²) in [5.41, 5.74) is 0. The van der Waals surface area contributed by atoms with Gasteiger partial charge in [-0.1, -0.05) is 0 Å². The number of carbonyl (C=O) groups is 1. The first kappa shape index (κ1) is 8.01. The lowest BCUT2D eigenvalue weighted by Crippen LogP contribution is -2.47. The number of ether oxygens (including phenoxy) is 1. The molecule has 2 rings (SSSR count). The molecular formula is C8H13NO3. The average Bonchev–Trinajstić information content (AvgIpc) is 2.49. The number of piperidine rings is 1.